The molecule has 1 aromatic rings. The minimum Gasteiger partial charge on any atom is -0.433 e. The van der Waals surface area contributed by atoms with Crippen molar-refractivity contribution < 1.29 is 9.19 Å². The van der Waals surface area contributed by atoms with Crippen molar-refractivity contribution in [2.75, 3.05) is 5.73 Å². The molecule has 0 atom stereocenters. The summed E-state index contributed by atoms with van der Waals surface area (Å²) in [6.45, 7) is 11.7. The third-order valence-corrected chi connectivity index (χ3v) is 3.24. The predicted molar refractivity (Wildman–Crippen MR) is 74.9 cm³/mol. The number of aromatic nitrogens is 2. The van der Waals surface area contributed by atoms with E-state index in [4.69, 9.17) is 10.5 Å². The number of anilines is 1. The van der Waals surface area contributed by atoms with Gasteiger partial charge in [-0.3, -0.25) is 0 Å². The molecule has 0 unspecified atom stereocenters. The highest BCUT2D eigenvalue weighted by Crippen LogP contribution is 2.03. The van der Waals surface area contributed by atoms with Gasteiger partial charge in [0.25, 0.3) is 0 Å². The molecule has 0 amide bonds. The van der Waals surface area contributed by atoms with Gasteiger partial charge >= 0.3 is 0 Å². The lowest BCUT2D eigenvalue weighted by atomic mass is 10.6. The van der Waals surface area contributed by atoms with Crippen LogP contribution in [-0.2, 0) is 0 Å². The van der Waals surface area contributed by atoms with Crippen LogP contribution in [0, 0.1) is 5.82 Å². The summed E-state index contributed by atoms with van der Waals surface area (Å²) >= 11 is 0. The van der Waals surface area contributed by atoms with Gasteiger partial charge in [0, 0.05) is 0 Å². The van der Waals surface area contributed by atoms with E-state index in [0.29, 0.717) is 5.32 Å². The van der Waals surface area contributed by atoms with Gasteiger partial charge in [-0.2, -0.15) is 0 Å². The van der Waals surface area contributed by atoms with Gasteiger partial charge in [-0.1, -0.05) is 19.6 Å². The highest BCUT2D eigenvalue weighted by atomic mass is 28.4. The summed E-state index contributed by atoms with van der Waals surface area (Å²) in [4.78, 5) is 16.1. The zero-order valence-corrected chi connectivity index (χ0v) is 13.4. The van der Waals surface area contributed by atoms with Crippen LogP contribution in [0.2, 0.25) is 39.3 Å². The third kappa shape index (κ3) is 8.00. The van der Waals surface area contributed by atoms with E-state index in [2.05, 4.69) is 9.97 Å². The second-order valence-electron chi connectivity index (χ2n) is 5.85. The number of hydrogen-bond donors (Lipinski definition) is 2. The number of nitrogens with two attached hydrogens (primary N) is 1. The van der Waals surface area contributed by atoms with Gasteiger partial charge in [-0.25, -0.2) is 14.4 Å². The maximum atomic E-state index is 13.1. The summed E-state index contributed by atoms with van der Waals surface area (Å²) in [7, 11) is -3.33. The summed E-state index contributed by atoms with van der Waals surface area (Å²) in [6, 6.07) is 0. The van der Waals surface area contributed by atoms with Crippen LogP contribution in [-0.4, -0.2) is 31.2 Å². The lowest BCUT2D eigenvalue weighted by Gasteiger charge is -2.15. The summed E-state index contributed by atoms with van der Waals surface area (Å²) in [6.07, 6.45) is 1.13. The smallest absolute Gasteiger partial charge is 0.219 e. The van der Waals surface area contributed by atoms with E-state index in [1.807, 2.05) is 39.3 Å². The molecule has 0 aliphatic carbocycles. The van der Waals surface area contributed by atoms with Crippen molar-refractivity contribution >= 4 is 27.7 Å². The van der Waals surface area contributed by atoms with Crippen molar-refractivity contribution in [3.05, 3.63) is 12.0 Å². The van der Waals surface area contributed by atoms with Gasteiger partial charge in [0.15, 0.2) is 14.1 Å². The van der Waals surface area contributed by atoms with Crippen LogP contribution in [0.25, 0.3) is 0 Å². The van der Waals surface area contributed by atoms with Crippen LogP contribution >= 0.6 is 0 Å². The van der Waals surface area contributed by atoms with Crippen LogP contribution < -0.4 is 11.1 Å². The molecular weight excluding hydrogens is 253 g/mol. The highest BCUT2D eigenvalue weighted by Gasteiger charge is 2.23. The molecule has 0 saturated heterocycles. The minimum atomic E-state index is -1.72. The normalized spacial score (nSPS) is 11.8. The highest BCUT2D eigenvalue weighted by molar-refractivity contribution is 6.88. The Balaban J connectivity index is 0.000000437. The minimum absolute atomic E-state index is 0.147. The van der Waals surface area contributed by atoms with E-state index in [1.165, 1.54) is 0 Å². The number of rotatable bonds is 1. The molecule has 3 N–H and O–H groups in total. The monoisotopic (exact) mass is 275 g/mol. The van der Waals surface area contributed by atoms with Crippen molar-refractivity contribution in [3.8, 4) is 0 Å². The van der Waals surface area contributed by atoms with Crippen LogP contribution in [0.5, 0.6) is 0 Å². The van der Waals surface area contributed by atoms with Gasteiger partial charge in [0.1, 0.15) is 8.07 Å². The molecule has 1 heterocycles. The first-order valence-corrected chi connectivity index (χ1v) is 12.4. The van der Waals surface area contributed by atoms with E-state index < -0.39 is 16.4 Å². The summed E-state index contributed by atoms with van der Waals surface area (Å²) in [5, 5.41) is 0.495. The van der Waals surface area contributed by atoms with Gasteiger partial charge in [-0.05, 0) is 19.6 Å². The van der Waals surface area contributed by atoms with Crippen molar-refractivity contribution in [2.24, 2.45) is 0 Å². The Hall–Kier alpha value is -0.796. The average molecular weight is 275 g/mol. The predicted octanol–water partition coefficient (Wildman–Crippen LogP) is 1.56. The number of nitrogen functional groups attached to an aromatic ring is 1. The maximum absolute atomic E-state index is 13.1. The molecule has 98 valence electrons. The summed E-state index contributed by atoms with van der Waals surface area (Å²) in [5.74, 6) is -0.197. The second-order valence-corrected chi connectivity index (χ2v) is 15.2. The molecule has 0 aromatic carbocycles. The molecule has 0 saturated carbocycles. The zero-order chi connectivity index (χ0) is 13.9. The van der Waals surface area contributed by atoms with E-state index >= 15 is 0 Å². The zero-order valence-electron chi connectivity index (χ0n) is 11.4. The molecule has 0 aliphatic rings. The molecule has 17 heavy (non-hydrogen) atoms. The van der Waals surface area contributed by atoms with E-state index in [-0.39, 0.29) is 11.8 Å². The first-order valence-electron chi connectivity index (χ1n) is 5.42. The summed E-state index contributed by atoms with van der Waals surface area (Å²) < 4.78 is 13.1. The molecule has 1 rings (SSSR count). The Morgan fingerprint density at radius 2 is 1.59 bits per heavy atom. The van der Waals surface area contributed by atoms with Crippen molar-refractivity contribution in [3.63, 3.8) is 0 Å². The van der Waals surface area contributed by atoms with E-state index in [1.54, 1.807) is 0 Å². The Kier molecular flexibility index (Phi) is 5.43. The second kappa shape index (κ2) is 5.70. The fourth-order valence-corrected chi connectivity index (χ4v) is 2.14. The summed E-state index contributed by atoms with van der Waals surface area (Å²) in [5.41, 5.74) is 5.36. The van der Waals surface area contributed by atoms with Gasteiger partial charge in [0.2, 0.25) is 5.95 Å². The maximum Gasteiger partial charge on any atom is 0.219 e. The topological polar surface area (TPSA) is 72.0 Å². The van der Waals surface area contributed by atoms with Crippen molar-refractivity contribution in [2.45, 2.75) is 39.3 Å². The number of halogens is 1. The molecule has 0 bridgehead atoms. The third-order valence-electron chi connectivity index (χ3n) is 1.47. The lowest BCUT2D eigenvalue weighted by Crippen LogP contribution is -2.43. The molecular formula is C10H22FN3OSi2. The Morgan fingerprint density at radius 3 is 1.88 bits per heavy atom. The van der Waals surface area contributed by atoms with Crippen molar-refractivity contribution in [1.82, 2.24) is 9.97 Å². The van der Waals surface area contributed by atoms with Gasteiger partial charge < -0.3 is 10.5 Å². The van der Waals surface area contributed by atoms with Crippen molar-refractivity contribution in [1.29, 1.82) is 0 Å². The molecule has 0 fully saturated rings. The SMILES string of the molecule is C[Si](C)(C)O.C[Si](C)(C)c1nc(N)ncc1F. The van der Waals surface area contributed by atoms with E-state index in [0.717, 1.165) is 6.20 Å². The van der Waals surface area contributed by atoms with Crippen LogP contribution in [0.15, 0.2) is 6.20 Å². The van der Waals surface area contributed by atoms with E-state index in [9.17, 15) is 4.39 Å². The fraction of sp³-hybridized carbons (Fsp3) is 0.600. The molecule has 0 aliphatic heterocycles. The Labute approximate surface area is 104 Å². The largest absolute Gasteiger partial charge is 0.433 e. The Morgan fingerprint density at radius 1 is 1.18 bits per heavy atom. The van der Waals surface area contributed by atoms with Crippen LogP contribution in [0.4, 0.5) is 10.3 Å². The molecule has 4 nitrogen and oxygen atoms in total. The first kappa shape index (κ1) is 16.2. The first-order chi connectivity index (χ1) is 7.41. The molecule has 0 spiro atoms. The van der Waals surface area contributed by atoms with Gasteiger partial charge in [0.05, 0.1) is 11.5 Å². The van der Waals surface area contributed by atoms with Gasteiger partial charge in [-0.15, -0.1) is 0 Å². The van der Waals surface area contributed by atoms with Crippen LogP contribution in [0.1, 0.15) is 0 Å². The quantitative estimate of drug-likeness (QED) is 0.763. The molecule has 0 radical (unpaired) electrons. The molecule has 7 heteroatoms. The molecule has 1 aromatic heterocycles. The van der Waals surface area contributed by atoms with Crippen LogP contribution in [0.3, 0.4) is 0 Å². The Bertz CT molecular complexity index is 369. The number of nitrogens with zero attached hydrogens (tertiary/aromatic N) is 2. The lowest BCUT2D eigenvalue weighted by molar-refractivity contribution is 0.561. The standard InChI is InChI=1S/C7H12FN3Si.C3H10OSi/c1-12(2,3)6-5(8)4-10-7(9)11-6;1-5(2,3)4/h4H,1-3H3,(H2,9,10,11);4H,1-3H3. The number of hydrogen-bond acceptors (Lipinski definition) is 4. The fourth-order valence-electron chi connectivity index (χ4n) is 0.907. The average Bonchev–Trinajstić information content (AvgIpc) is 2.04.